The average Bonchev–Trinajstić information content (AvgIpc) is 2.96. The van der Waals surface area contributed by atoms with E-state index < -0.39 is 18.1 Å². The summed E-state index contributed by atoms with van der Waals surface area (Å²) < 4.78 is 10.5. The minimum absolute atomic E-state index is 0.138. The predicted molar refractivity (Wildman–Crippen MR) is 70.0 cm³/mol. The number of carboxylic acids is 1. The number of hydrogen-bond acceptors (Lipinski definition) is 5. The molecule has 1 aromatic rings. The van der Waals surface area contributed by atoms with Crippen molar-refractivity contribution in [1.82, 2.24) is 4.90 Å². The van der Waals surface area contributed by atoms with Crippen LogP contribution in [0.15, 0.2) is 12.1 Å². The first kappa shape index (κ1) is 13.5. The van der Waals surface area contributed by atoms with Crippen LogP contribution in [0.5, 0.6) is 11.5 Å². The van der Waals surface area contributed by atoms with E-state index >= 15 is 0 Å². The highest BCUT2D eigenvalue weighted by molar-refractivity contribution is 6.32. The normalized spacial score (nSPS) is 25.1. The second-order valence-electron chi connectivity index (χ2n) is 4.98. The van der Waals surface area contributed by atoms with Crippen LogP contribution >= 0.6 is 11.6 Å². The lowest BCUT2D eigenvalue weighted by molar-refractivity contribution is -0.142. The quantitative estimate of drug-likeness (QED) is 0.870. The molecule has 0 amide bonds. The van der Waals surface area contributed by atoms with Gasteiger partial charge in [-0.25, -0.2) is 0 Å². The maximum Gasteiger partial charge on any atom is 0.321 e. The molecule has 0 bridgehead atoms. The SMILES string of the molecule is O=C(O)C1CC(O)CN1Cc1cc(Cl)c2c(c1)OCO2. The number of ether oxygens (including phenoxy) is 2. The van der Waals surface area contributed by atoms with Gasteiger partial charge in [-0.15, -0.1) is 0 Å². The zero-order valence-corrected chi connectivity index (χ0v) is 11.3. The first-order valence-electron chi connectivity index (χ1n) is 6.27. The van der Waals surface area contributed by atoms with Crippen LogP contribution in [0, 0.1) is 0 Å². The van der Waals surface area contributed by atoms with E-state index in [1.807, 2.05) is 0 Å². The Morgan fingerprint density at radius 2 is 2.25 bits per heavy atom. The van der Waals surface area contributed by atoms with Gasteiger partial charge in [-0.2, -0.15) is 0 Å². The third kappa shape index (κ3) is 2.42. The zero-order valence-electron chi connectivity index (χ0n) is 10.6. The monoisotopic (exact) mass is 299 g/mol. The van der Waals surface area contributed by atoms with E-state index in [9.17, 15) is 9.90 Å². The van der Waals surface area contributed by atoms with Crippen molar-refractivity contribution in [2.45, 2.75) is 25.1 Å². The van der Waals surface area contributed by atoms with Crippen LogP contribution in [0.1, 0.15) is 12.0 Å². The molecule has 1 aromatic carbocycles. The Kier molecular flexibility index (Phi) is 3.45. The van der Waals surface area contributed by atoms with E-state index in [1.54, 1.807) is 17.0 Å². The molecule has 1 fully saturated rings. The van der Waals surface area contributed by atoms with Gasteiger partial charge in [0.2, 0.25) is 6.79 Å². The lowest BCUT2D eigenvalue weighted by atomic mass is 10.1. The summed E-state index contributed by atoms with van der Waals surface area (Å²) >= 11 is 6.10. The highest BCUT2D eigenvalue weighted by Gasteiger charge is 2.36. The average molecular weight is 300 g/mol. The second-order valence-corrected chi connectivity index (χ2v) is 5.39. The van der Waals surface area contributed by atoms with Crippen LogP contribution in [0.3, 0.4) is 0 Å². The highest BCUT2D eigenvalue weighted by atomic mass is 35.5. The smallest absolute Gasteiger partial charge is 0.321 e. The van der Waals surface area contributed by atoms with E-state index in [0.29, 0.717) is 29.6 Å². The summed E-state index contributed by atoms with van der Waals surface area (Å²) in [5, 5.41) is 19.2. The Bertz CT molecular complexity index is 550. The first-order valence-corrected chi connectivity index (χ1v) is 6.65. The van der Waals surface area contributed by atoms with Crippen molar-refractivity contribution in [2.24, 2.45) is 0 Å². The molecule has 0 saturated carbocycles. The van der Waals surface area contributed by atoms with Crippen molar-refractivity contribution in [3.8, 4) is 11.5 Å². The molecule has 20 heavy (non-hydrogen) atoms. The fraction of sp³-hybridized carbons (Fsp3) is 0.462. The van der Waals surface area contributed by atoms with Crippen molar-refractivity contribution in [1.29, 1.82) is 0 Å². The molecular formula is C13H14ClNO5. The number of likely N-dealkylation sites (tertiary alicyclic amines) is 1. The number of aliphatic hydroxyl groups excluding tert-OH is 1. The van der Waals surface area contributed by atoms with Crippen LogP contribution in [-0.4, -0.2) is 46.6 Å². The van der Waals surface area contributed by atoms with Crippen molar-refractivity contribution >= 4 is 17.6 Å². The molecule has 2 unspecified atom stereocenters. The van der Waals surface area contributed by atoms with E-state index in [-0.39, 0.29) is 13.2 Å². The molecular weight excluding hydrogens is 286 g/mol. The largest absolute Gasteiger partial charge is 0.480 e. The Labute approximate surface area is 120 Å². The minimum Gasteiger partial charge on any atom is -0.480 e. The van der Waals surface area contributed by atoms with Gasteiger partial charge < -0.3 is 19.7 Å². The molecule has 108 valence electrons. The number of halogens is 1. The molecule has 2 N–H and O–H groups in total. The number of carboxylic acid groups (broad SMARTS) is 1. The molecule has 2 aliphatic rings. The lowest BCUT2D eigenvalue weighted by Gasteiger charge is -2.21. The zero-order chi connectivity index (χ0) is 14.3. The molecule has 7 heteroatoms. The maximum absolute atomic E-state index is 11.2. The van der Waals surface area contributed by atoms with Gasteiger partial charge in [0.15, 0.2) is 11.5 Å². The molecule has 2 heterocycles. The summed E-state index contributed by atoms with van der Waals surface area (Å²) in [5.41, 5.74) is 0.833. The number of nitrogens with zero attached hydrogens (tertiary/aromatic N) is 1. The third-order valence-corrected chi connectivity index (χ3v) is 3.82. The number of benzene rings is 1. The fourth-order valence-electron chi connectivity index (χ4n) is 2.66. The summed E-state index contributed by atoms with van der Waals surface area (Å²) in [4.78, 5) is 12.9. The molecule has 0 aliphatic carbocycles. The van der Waals surface area contributed by atoms with Crippen LogP contribution in [0.25, 0.3) is 0 Å². The second kappa shape index (κ2) is 5.12. The summed E-state index contributed by atoms with van der Waals surface area (Å²) in [5.74, 6) is 0.166. The molecule has 6 nitrogen and oxygen atoms in total. The maximum atomic E-state index is 11.2. The van der Waals surface area contributed by atoms with Crippen LogP contribution in [0.4, 0.5) is 0 Å². The summed E-state index contributed by atoms with van der Waals surface area (Å²) in [7, 11) is 0. The van der Waals surface area contributed by atoms with Crippen LogP contribution in [0.2, 0.25) is 5.02 Å². The molecule has 0 radical (unpaired) electrons. The van der Waals surface area contributed by atoms with Gasteiger partial charge in [0, 0.05) is 19.5 Å². The standard InChI is InChI=1S/C13H14ClNO5/c14-9-1-7(2-11-12(9)20-6-19-11)4-15-5-8(16)3-10(15)13(17)18/h1-2,8,10,16H,3-6H2,(H,17,18). The van der Waals surface area contributed by atoms with Gasteiger partial charge in [-0.05, 0) is 17.7 Å². The fourth-order valence-corrected chi connectivity index (χ4v) is 2.95. The summed E-state index contributed by atoms with van der Waals surface area (Å²) in [6.45, 7) is 0.867. The molecule has 3 rings (SSSR count). The predicted octanol–water partition coefficient (Wildman–Crippen LogP) is 1.09. The van der Waals surface area contributed by atoms with E-state index in [0.717, 1.165) is 5.56 Å². The van der Waals surface area contributed by atoms with Crippen LogP contribution in [-0.2, 0) is 11.3 Å². The Morgan fingerprint density at radius 1 is 1.45 bits per heavy atom. The Hall–Kier alpha value is -1.50. The van der Waals surface area contributed by atoms with Gasteiger partial charge in [0.1, 0.15) is 6.04 Å². The van der Waals surface area contributed by atoms with Gasteiger partial charge in [-0.3, -0.25) is 9.69 Å². The number of aliphatic hydroxyl groups is 1. The van der Waals surface area contributed by atoms with Crippen molar-refractivity contribution in [3.63, 3.8) is 0 Å². The van der Waals surface area contributed by atoms with Crippen molar-refractivity contribution in [3.05, 3.63) is 22.7 Å². The number of aliphatic carboxylic acids is 1. The topological polar surface area (TPSA) is 79.2 Å². The summed E-state index contributed by atoms with van der Waals surface area (Å²) in [6.07, 6.45) is -0.367. The Morgan fingerprint density at radius 3 is 3.00 bits per heavy atom. The van der Waals surface area contributed by atoms with Crippen LogP contribution < -0.4 is 9.47 Å². The number of hydrogen-bond donors (Lipinski definition) is 2. The van der Waals surface area contributed by atoms with Gasteiger partial charge in [0.25, 0.3) is 0 Å². The van der Waals surface area contributed by atoms with E-state index in [1.165, 1.54) is 0 Å². The molecule has 2 atom stereocenters. The van der Waals surface area contributed by atoms with Gasteiger partial charge in [0.05, 0.1) is 11.1 Å². The molecule has 1 saturated heterocycles. The van der Waals surface area contributed by atoms with E-state index in [2.05, 4.69) is 0 Å². The van der Waals surface area contributed by atoms with Gasteiger partial charge >= 0.3 is 5.97 Å². The minimum atomic E-state index is -0.923. The first-order chi connectivity index (χ1) is 9.54. The molecule has 0 aromatic heterocycles. The third-order valence-electron chi connectivity index (χ3n) is 3.54. The number of rotatable bonds is 3. The number of β-amino-alcohol motifs (C(OH)–C–C–N with tert-alkyl or cyclic N) is 1. The van der Waals surface area contributed by atoms with E-state index in [4.69, 9.17) is 26.2 Å². The highest BCUT2D eigenvalue weighted by Crippen LogP contribution is 2.40. The molecule has 2 aliphatic heterocycles. The van der Waals surface area contributed by atoms with Crippen molar-refractivity contribution < 1.29 is 24.5 Å². The lowest BCUT2D eigenvalue weighted by Crippen LogP contribution is -2.35. The van der Waals surface area contributed by atoms with Crippen molar-refractivity contribution in [2.75, 3.05) is 13.3 Å². The van der Waals surface area contributed by atoms with Gasteiger partial charge in [-0.1, -0.05) is 11.6 Å². The summed E-state index contributed by atoms with van der Waals surface area (Å²) in [6, 6.07) is 2.85. The Balaban J connectivity index is 1.81. The molecule has 0 spiro atoms. The number of carbonyl (C=O) groups is 1. The number of fused-ring (bicyclic) bond motifs is 1.